The number of aliphatic hydroxyl groups is 11. The van der Waals surface area contributed by atoms with Crippen molar-refractivity contribution in [3.63, 3.8) is 0 Å². The molecule has 0 radical (unpaired) electrons. The van der Waals surface area contributed by atoms with Gasteiger partial charge < -0.3 is 89.4 Å². The summed E-state index contributed by atoms with van der Waals surface area (Å²) in [5.74, 6) is -0.908. The topological polar surface area (TPSA) is 312 Å². The maximum Gasteiger partial charge on any atom is 0.315 e. The SMILES string of the molecule is CC1OC(OC2C(CO)OC(OCC3OC(OC(=O)C45CCC(C)(C)CC4C4=CCC6C7(C)CC(O)C(O)C(C)(C=O)C7CCC6(C)C4(C)CC5)C(O)C(O)C3O)C(O)C2O)C(O)C(O)C1O. The Hall–Kier alpha value is -1.76. The minimum Gasteiger partial charge on any atom is -0.432 e. The van der Waals surface area contributed by atoms with Gasteiger partial charge in [0.05, 0.1) is 42.4 Å². The van der Waals surface area contributed by atoms with Crippen molar-refractivity contribution < 1.29 is 94.2 Å². The first-order chi connectivity index (χ1) is 31.2. The van der Waals surface area contributed by atoms with Crippen molar-refractivity contribution in [3.8, 4) is 0 Å². The van der Waals surface area contributed by atoms with Crippen LogP contribution in [0.3, 0.4) is 0 Å². The van der Waals surface area contributed by atoms with E-state index < -0.39 is 140 Å². The largest absolute Gasteiger partial charge is 0.432 e. The molecule has 11 N–H and O–H groups in total. The Balaban J connectivity index is 0.983. The van der Waals surface area contributed by atoms with E-state index >= 15 is 0 Å². The fourth-order valence-corrected chi connectivity index (χ4v) is 14.8. The fraction of sp³-hybridized carbons (Fsp3) is 0.917. The average Bonchev–Trinajstić information content (AvgIpc) is 3.28. The van der Waals surface area contributed by atoms with E-state index in [-0.39, 0.29) is 34.0 Å². The summed E-state index contributed by atoms with van der Waals surface area (Å²) in [4.78, 5) is 27.7. The quantitative estimate of drug-likeness (QED) is 0.0775. The van der Waals surface area contributed by atoms with E-state index in [1.54, 1.807) is 6.92 Å². The first kappa shape index (κ1) is 51.6. The van der Waals surface area contributed by atoms with Gasteiger partial charge >= 0.3 is 5.97 Å². The van der Waals surface area contributed by atoms with Gasteiger partial charge in [-0.05, 0) is 104 Å². The van der Waals surface area contributed by atoms with Crippen LogP contribution >= 0.6 is 0 Å². The van der Waals surface area contributed by atoms with Crippen molar-refractivity contribution in [3.05, 3.63) is 11.6 Å². The lowest BCUT2D eigenvalue weighted by molar-refractivity contribution is -0.361. The number of fused-ring (bicyclic) bond motifs is 7. The summed E-state index contributed by atoms with van der Waals surface area (Å²) in [5.41, 5.74) is -2.17. The Bertz CT molecular complexity index is 1870. The molecule has 25 atom stereocenters. The molecule has 8 aliphatic rings. The molecule has 67 heavy (non-hydrogen) atoms. The van der Waals surface area contributed by atoms with Crippen LogP contribution in [0.2, 0.25) is 0 Å². The van der Waals surface area contributed by atoms with Crippen LogP contribution in [-0.2, 0) is 38.0 Å². The monoisotopic (exact) mass is 956 g/mol. The zero-order valence-corrected chi connectivity index (χ0v) is 39.7. The van der Waals surface area contributed by atoms with Crippen molar-refractivity contribution in [2.24, 2.45) is 50.2 Å². The van der Waals surface area contributed by atoms with Crippen LogP contribution in [-0.4, -0.2) is 186 Å². The fourth-order valence-electron chi connectivity index (χ4n) is 14.8. The van der Waals surface area contributed by atoms with E-state index in [1.807, 2.05) is 0 Å². The predicted molar refractivity (Wildman–Crippen MR) is 231 cm³/mol. The summed E-state index contributed by atoms with van der Waals surface area (Å²) < 4.78 is 34.7. The van der Waals surface area contributed by atoms with Gasteiger partial charge in [0.15, 0.2) is 12.6 Å². The van der Waals surface area contributed by atoms with Crippen LogP contribution in [0.5, 0.6) is 0 Å². The van der Waals surface area contributed by atoms with Gasteiger partial charge in [0.25, 0.3) is 0 Å². The number of aldehydes is 1. The van der Waals surface area contributed by atoms with Gasteiger partial charge in [0.1, 0.15) is 73.4 Å². The van der Waals surface area contributed by atoms with Crippen molar-refractivity contribution in [1.82, 2.24) is 0 Å². The second-order valence-corrected chi connectivity index (χ2v) is 23.3. The molecule has 0 bridgehead atoms. The Morgan fingerprint density at radius 2 is 1.34 bits per heavy atom. The number of esters is 1. The van der Waals surface area contributed by atoms with Crippen molar-refractivity contribution in [2.45, 2.75) is 211 Å². The molecule has 0 spiro atoms. The van der Waals surface area contributed by atoms with Crippen LogP contribution in [0.4, 0.5) is 0 Å². The summed E-state index contributed by atoms with van der Waals surface area (Å²) in [7, 11) is 0. The molecule has 3 heterocycles. The third kappa shape index (κ3) is 8.01. The molecule has 25 unspecified atom stereocenters. The molecule has 0 amide bonds. The second-order valence-electron chi connectivity index (χ2n) is 23.3. The lowest BCUT2D eigenvalue weighted by Gasteiger charge is -2.71. The number of carbonyl (C=O) groups is 2. The number of hydrogen-bond donors (Lipinski definition) is 11. The number of carbonyl (C=O) groups excluding carboxylic acids is 2. The lowest BCUT2D eigenvalue weighted by Crippen LogP contribution is -2.68. The van der Waals surface area contributed by atoms with Crippen molar-refractivity contribution in [2.75, 3.05) is 13.2 Å². The number of allylic oxidation sites excluding steroid dienone is 2. The van der Waals surface area contributed by atoms with Crippen molar-refractivity contribution in [1.29, 1.82) is 0 Å². The van der Waals surface area contributed by atoms with Crippen molar-refractivity contribution >= 4 is 12.3 Å². The van der Waals surface area contributed by atoms with Gasteiger partial charge in [-0.1, -0.05) is 53.2 Å². The third-order valence-corrected chi connectivity index (χ3v) is 19.2. The highest BCUT2D eigenvalue weighted by molar-refractivity contribution is 5.79. The molecule has 382 valence electrons. The highest BCUT2D eigenvalue weighted by Crippen LogP contribution is 2.76. The molecule has 0 aromatic carbocycles. The van der Waals surface area contributed by atoms with Gasteiger partial charge in [0, 0.05) is 0 Å². The van der Waals surface area contributed by atoms with E-state index in [2.05, 4.69) is 40.7 Å². The molecular formula is C48H76O19. The summed E-state index contributed by atoms with van der Waals surface area (Å²) in [6.45, 7) is 13.0. The maximum atomic E-state index is 15.0. The van der Waals surface area contributed by atoms with Gasteiger partial charge in [0.2, 0.25) is 6.29 Å². The minimum absolute atomic E-state index is 0.0791. The Labute approximate surface area is 391 Å². The van der Waals surface area contributed by atoms with E-state index in [9.17, 15) is 65.8 Å². The van der Waals surface area contributed by atoms with Gasteiger partial charge in [-0.25, -0.2) is 0 Å². The highest BCUT2D eigenvalue weighted by Gasteiger charge is 2.71. The first-order valence-electron chi connectivity index (χ1n) is 24.3. The molecular weight excluding hydrogens is 881 g/mol. The molecule has 5 aliphatic carbocycles. The first-order valence-corrected chi connectivity index (χ1v) is 24.3. The Kier molecular flexibility index (Phi) is 13.9. The van der Waals surface area contributed by atoms with Gasteiger partial charge in [-0.15, -0.1) is 0 Å². The highest BCUT2D eigenvalue weighted by atomic mass is 16.8. The van der Waals surface area contributed by atoms with Crippen LogP contribution < -0.4 is 0 Å². The van der Waals surface area contributed by atoms with Gasteiger partial charge in [-0.2, -0.15) is 0 Å². The predicted octanol–water partition coefficient (Wildman–Crippen LogP) is -0.682. The standard InChI is InChI=1S/C48H76O19/c1-21-29(52)31(54)34(57)40(63-21)66-37-25(18-49)64-39(36(59)33(37)56)62-19-26-30(53)32(55)35(58)41(65-26)67-42(61)48-14-12-43(2,3)16-23(48)22-8-9-28-44(4)17-24(51)38(60)45(5,20-50)27(44)10-11-47(28,7)46(22,6)13-15-48/h8,20-21,23-41,49,51-60H,9-19H2,1-7H3. The number of aliphatic hydroxyl groups excluding tert-OH is 11. The number of ether oxygens (including phenoxy) is 6. The summed E-state index contributed by atoms with van der Waals surface area (Å²) in [6.07, 6.45) is -18.0. The van der Waals surface area contributed by atoms with E-state index in [1.165, 1.54) is 12.5 Å². The average molecular weight is 957 g/mol. The minimum atomic E-state index is -1.87. The smallest absolute Gasteiger partial charge is 0.315 e. The van der Waals surface area contributed by atoms with E-state index in [0.717, 1.165) is 12.7 Å². The number of hydrogen-bond acceptors (Lipinski definition) is 19. The van der Waals surface area contributed by atoms with Crippen LogP contribution in [0.25, 0.3) is 0 Å². The molecule has 0 aromatic rings. The third-order valence-electron chi connectivity index (χ3n) is 19.2. The number of rotatable bonds is 9. The van der Waals surface area contributed by atoms with Crippen LogP contribution in [0.15, 0.2) is 11.6 Å². The zero-order chi connectivity index (χ0) is 49.1. The molecule has 19 nitrogen and oxygen atoms in total. The lowest BCUT2D eigenvalue weighted by atomic mass is 9.33. The molecule has 19 heteroatoms. The van der Waals surface area contributed by atoms with E-state index in [4.69, 9.17) is 28.4 Å². The molecule has 8 rings (SSSR count). The summed E-state index contributed by atoms with van der Waals surface area (Å²) >= 11 is 0. The van der Waals surface area contributed by atoms with Crippen LogP contribution in [0.1, 0.15) is 106 Å². The molecule has 3 saturated heterocycles. The Morgan fingerprint density at radius 3 is 2.01 bits per heavy atom. The molecule has 0 aromatic heterocycles. The molecule has 3 aliphatic heterocycles. The van der Waals surface area contributed by atoms with E-state index in [0.29, 0.717) is 51.4 Å². The summed E-state index contributed by atoms with van der Waals surface area (Å²) in [6, 6.07) is 0. The Morgan fingerprint density at radius 1 is 0.716 bits per heavy atom. The van der Waals surface area contributed by atoms with Crippen LogP contribution in [0, 0.1) is 50.2 Å². The maximum absolute atomic E-state index is 15.0. The molecule has 4 saturated carbocycles. The normalized spacial score (nSPS) is 55.2. The van der Waals surface area contributed by atoms with Gasteiger partial charge in [-0.3, -0.25) is 4.79 Å². The second kappa shape index (κ2) is 18.1. The zero-order valence-electron chi connectivity index (χ0n) is 39.7. The molecule has 7 fully saturated rings. The summed E-state index contributed by atoms with van der Waals surface area (Å²) in [5, 5.41) is 119.